The fourth-order valence-electron chi connectivity index (χ4n) is 3.41. The number of hydrogen-bond acceptors (Lipinski definition) is 4. The fourth-order valence-corrected chi connectivity index (χ4v) is 3.41. The Balaban J connectivity index is 1.65. The zero-order valence-corrected chi connectivity index (χ0v) is 13.1. The second-order valence-electron chi connectivity index (χ2n) is 6.80. The number of aromatic amines is 1. The second-order valence-corrected chi connectivity index (χ2v) is 6.80. The molecule has 1 saturated carbocycles. The highest BCUT2D eigenvalue weighted by molar-refractivity contribution is 5.78. The van der Waals surface area contributed by atoms with Crippen LogP contribution in [0.25, 0.3) is 0 Å². The SMILES string of the molecule is Cc1nc([C@@H]2CN(CC(=O)NC(C)C)C[C@H]2C2CC2)n[nH]1. The maximum absolute atomic E-state index is 12.0. The van der Waals surface area contributed by atoms with Gasteiger partial charge in [0, 0.05) is 25.0 Å². The molecule has 1 saturated heterocycles. The minimum absolute atomic E-state index is 0.117. The zero-order valence-electron chi connectivity index (χ0n) is 13.1. The second kappa shape index (κ2) is 5.75. The minimum atomic E-state index is 0.117. The first kappa shape index (κ1) is 14.5. The molecule has 0 radical (unpaired) electrons. The maximum atomic E-state index is 12.0. The molecule has 1 aromatic rings. The minimum Gasteiger partial charge on any atom is -0.353 e. The summed E-state index contributed by atoms with van der Waals surface area (Å²) >= 11 is 0. The third-order valence-corrected chi connectivity index (χ3v) is 4.43. The summed E-state index contributed by atoms with van der Waals surface area (Å²) in [5.41, 5.74) is 0. The summed E-state index contributed by atoms with van der Waals surface area (Å²) in [5, 5.41) is 10.3. The van der Waals surface area contributed by atoms with Crippen LogP contribution in [0, 0.1) is 18.8 Å². The van der Waals surface area contributed by atoms with Crippen molar-refractivity contribution in [3.05, 3.63) is 11.6 Å². The number of nitrogens with zero attached hydrogens (tertiary/aromatic N) is 3. The molecule has 2 aliphatic rings. The Bertz CT molecular complexity index is 508. The molecule has 1 aromatic heterocycles. The van der Waals surface area contributed by atoms with Crippen molar-refractivity contribution in [3.8, 4) is 0 Å². The molecule has 2 heterocycles. The van der Waals surface area contributed by atoms with Crippen molar-refractivity contribution in [2.24, 2.45) is 11.8 Å². The molecule has 2 N–H and O–H groups in total. The van der Waals surface area contributed by atoms with Gasteiger partial charge in [0.2, 0.25) is 5.91 Å². The van der Waals surface area contributed by atoms with E-state index >= 15 is 0 Å². The molecule has 1 aliphatic heterocycles. The van der Waals surface area contributed by atoms with Gasteiger partial charge in [0.25, 0.3) is 0 Å². The van der Waals surface area contributed by atoms with Gasteiger partial charge < -0.3 is 5.32 Å². The predicted octanol–water partition coefficient (Wildman–Crippen LogP) is 1.06. The van der Waals surface area contributed by atoms with Crippen LogP contribution in [-0.4, -0.2) is 51.7 Å². The predicted molar refractivity (Wildman–Crippen MR) is 79.8 cm³/mol. The van der Waals surface area contributed by atoms with Gasteiger partial charge in [0.05, 0.1) is 6.54 Å². The standard InChI is InChI=1S/C15H25N5O/c1-9(2)16-14(21)8-20-6-12(11-4-5-11)13(7-20)15-17-10(3)18-19-15/h9,11-13H,4-8H2,1-3H3,(H,16,21)(H,17,18,19)/t12-,13+/m0/s1. The highest BCUT2D eigenvalue weighted by Crippen LogP contribution is 2.46. The molecule has 116 valence electrons. The van der Waals surface area contributed by atoms with Crippen LogP contribution in [0.5, 0.6) is 0 Å². The zero-order chi connectivity index (χ0) is 15.0. The van der Waals surface area contributed by atoms with Crippen LogP contribution in [0.2, 0.25) is 0 Å². The maximum Gasteiger partial charge on any atom is 0.234 e. The van der Waals surface area contributed by atoms with Crippen LogP contribution in [-0.2, 0) is 4.79 Å². The number of aryl methyl sites for hydroxylation is 1. The van der Waals surface area contributed by atoms with Gasteiger partial charge in [-0.15, -0.1) is 0 Å². The first-order valence-electron chi connectivity index (χ1n) is 7.93. The van der Waals surface area contributed by atoms with Gasteiger partial charge in [0.1, 0.15) is 5.82 Å². The van der Waals surface area contributed by atoms with Crippen LogP contribution in [0.15, 0.2) is 0 Å². The molecule has 0 spiro atoms. The van der Waals surface area contributed by atoms with Gasteiger partial charge in [-0.25, -0.2) is 4.98 Å². The van der Waals surface area contributed by atoms with Crippen molar-refractivity contribution in [2.75, 3.05) is 19.6 Å². The summed E-state index contributed by atoms with van der Waals surface area (Å²) in [6.07, 6.45) is 2.63. The number of carbonyl (C=O) groups is 1. The molecule has 0 bridgehead atoms. The highest BCUT2D eigenvalue weighted by Gasteiger charge is 2.44. The number of amides is 1. The Morgan fingerprint density at radius 1 is 1.43 bits per heavy atom. The molecule has 2 fully saturated rings. The molecule has 1 amide bonds. The highest BCUT2D eigenvalue weighted by atomic mass is 16.2. The van der Waals surface area contributed by atoms with Crippen LogP contribution in [0.1, 0.15) is 44.3 Å². The van der Waals surface area contributed by atoms with Crippen molar-refractivity contribution >= 4 is 5.91 Å². The molecule has 2 atom stereocenters. The molecular weight excluding hydrogens is 266 g/mol. The lowest BCUT2D eigenvalue weighted by Crippen LogP contribution is -2.39. The third-order valence-electron chi connectivity index (χ3n) is 4.43. The molecule has 0 unspecified atom stereocenters. The Morgan fingerprint density at radius 2 is 2.19 bits per heavy atom. The number of carbonyl (C=O) groups excluding carboxylic acids is 1. The Kier molecular flexibility index (Phi) is 3.97. The van der Waals surface area contributed by atoms with Gasteiger partial charge in [-0.3, -0.25) is 14.8 Å². The van der Waals surface area contributed by atoms with E-state index < -0.39 is 0 Å². The summed E-state index contributed by atoms with van der Waals surface area (Å²) in [6.45, 7) is 8.30. The lowest BCUT2D eigenvalue weighted by Gasteiger charge is -2.16. The van der Waals surface area contributed by atoms with E-state index in [1.165, 1.54) is 12.8 Å². The average Bonchev–Trinajstić information content (AvgIpc) is 3.02. The summed E-state index contributed by atoms with van der Waals surface area (Å²) in [4.78, 5) is 18.7. The number of likely N-dealkylation sites (tertiary alicyclic amines) is 1. The monoisotopic (exact) mass is 291 g/mol. The molecule has 6 heteroatoms. The Hall–Kier alpha value is -1.43. The lowest BCUT2D eigenvalue weighted by atomic mass is 9.91. The molecule has 6 nitrogen and oxygen atoms in total. The number of rotatable bonds is 5. The van der Waals surface area contributed by atoms with E-state index in [1.807, 2.05) is 20.8 Å². The largest absolute Gasteiger partial charge is 0.353 e. The Morgan fingerprint density at radius 3 is 2.76 bits per heavy atom. The quantitative estimate of drug-likeness (QED) is 0.851. The molecule has 21 heavy (non-hydrogen) atoms. The van der Waals surface area contributed by atoms with E-state index in [2.05, 4.69) is 25.4 Å². The van der Waals surface area contributed by atoms with Crippen molar-refractivity contribution in [1.29, 1.82) is 0 Å². The number of nitrogens with one attached hydrogen (secondary N) is 2. The summed E-state index contributed by atoms with van der Waals surface area (Å²) < 4.78 is 0. The van der Waals surface area contributed by atoms with Crippen molar-refractivity contribution in [2.45, 2.75) is 45.6 Å². The van der Waals surface area contributed by atoms with E-state index in [-0.39, 0.29) is 11.9 Å². The summed E-state index contributed by atoms with van der Waals surface area (Å²) in [5.74, 6) is 3.69. The van der Waals surface area contributed by atoms with Gasteiger partial charge in [-0.05, 0) is 45.4 Å². The van der Waals surface area contributed by atoms with Gasteiger partial charge in [-0.1, -0.05) is 0 Å². The number of aromatic nitrogens is 3. The molecular formula is C15H25N5O. The third kappa shape index (κ3) is 3.43. The van der Waals surface area contributed by atoms with Crippen LogP contribution >= 0.6 is 0 Å². The van der Waals surface area contributed by atoms with Crippen molar-refractivity contribution in [1.82, 2.24) is 25.4 Å². The van der Waals surface area contributed by atoms with Crippen LogP contribution in [0.4, 0.5) is 0 Å². The van der Waals surface area contributed by atoms with E-state index in [9.17, 15) is 4.79 Å². The van der Waals surface area contributed by atoms with Gasteiger partial charge in [-0.2, -0.15) is 5.10 Å². The topological polar surface area (TPSA) is 73.9 Å². The number of H-pyrrole nitrogens is 1. The van der Waals surface area contributed by atoms with Crippen molar-refractivity contribution < 1.29 is 4.79 Å². The number of hydrogen-bond donors (Lipinski definition) is 2. The van der Waals surface area contributed by atoms with Crippen LogP contribution in [0.3, 0.4) is 0 Å². The summed E-state index contributed by atoms with van der Waals surface area (Å²) in [6, 6.07) is 0.200. The smallest absolute Gasteiger partial charge is 0.234 e. The first-order chi connectivity index (χ1) is 10.0. The van der Waals surface area contributed by atoms with E-state index in [1.54, 1.807) is 0 Å². The Labute approximate surface area is 125 Å². The molecule has 3 rings (SSSR count). The van der Waals surface area contributed by atoms with E-state index in [0.29, 0.717) is 18.4 Å². The van der Waals surface area contributed by atoms with E-state index in [0.717, 1.165) is 30.7 Å². The average molecular weight is 291 g/mol. The first-order valence-corrected chi connectivity index (χ1v) is 7.93. The van der Waals surface area contributed by atoms with Gasteiger partial charge >= 0.3 is 0 Å². The van der Waals surface area contributed by atoms with Crippen LogP contribution < -0.4 is 5.32 Å². The van der Waals surface area contributed by atoms with Gasteiger partial charge in [0.15, 0.2) is 5.82 Å². The van der Waals surface area contributed by atoms with Crippen molar-refractivity contribution in [3.63, 3.8) is 0 Å². The summed E-state index contributed by atoms with van der Waals surface area (Å²) in [7, 11) is 0. The molecule has 0 aromatic carbocycles. The normalized spacial score (nSPS) is 26.5. The fraction of sp³-hybridized carbons (Fsp3) is 0.800. The lowest BCUT2D eigenvalue weighted by molar-refractivity contribution is -0.122. The van der Waals surface area contributed by atoms with E-state index in [4.69, 9.17) is 0 Å². The molecule has 1 aliphatic carbocycles.